The van der Waals surface area contributed by atoms with E-state index in [4.69, 9.17) is 5.11 Å². The molecule has 0 aliphatic rings. The Morgan fingerprint density at radius 1 is 1.19 bits per heavy atom. The maximum absolute atomic E-state index is 12.0. The lowest BCUT2D eigenvalue weighted by Gasteiger charge is -2.18. The fourth-order valence-electron chi connectivity index (χ4n) is 2.02. The van der Waals surface area contributed by atoms with Crippen molar-refractivity contribution in [2.24, 2.45) is 5.92 Å². The van der Waals surface area contributed by atoms with E-state index in [2.05, 4.69) is 15.6 Å². The van der Waals surface area contributed by atoms with Crippen molar-refractivity contribution in [3.8, 4) is 0 Å². The third-order valence-electron chi connectivity index (χ3n) is 3.10. The van der Waals surface area contributed by atoms with Gasteiger partial charge in [-0.3, -0.25) is 4.98 Å². The molecule has 2 amide bonds. The molecule has 21 heavy (non-hydrogen) atoms. The summed E-state index contributed by atoms with van der Waals surface area (Å²) in [4.78, 5) is 27.3. The number of anilines is 1. The monoisotopic (exact) mass is 287 g/mol. The Balaban J connectivity index is 2.17. The zero-order chi connectivity index (χ0) is 15.4. The molecule has 0 spiro atoms. The highest BCUT2D eigenvalue weighted by Crippen LogP contribution is 2.20. The summed E-state index contributed by atoms with van der Waals surface area (Å²) < 4.78 is 0. The molecule has 6 nitrogen and oxygen atoms in total. The smallest absolute Gasteiger partial charge is 0.326 e. The first-order chi connectivity index (χ1) is 9.99. The van der Waals surface area contributed by atoms with Crippen molar-refractivity contribution in [3.63, 3.8) is 0 Å². The zero-order valence-corrected chi connectivity index (χ0v) is 11.8. The number of urea groups is 1. The molecule has 110 valence electrons. The fraction of sp³-hybridized carbons (Fsp3) is 0.267. The van der Waals surface area contributed by atoms with Gasteiger partial charge in [-0.1, -0.05) is 32.0 Å². The summed E-state index contributed by atoms with van der Waals surface area (Å²) in [6.45, 7) is 3.47. The van der Waals surface area contributed by atoms with E-state index in [1.165, 1.54) is 0 Å². The van der Waals surface area contributed by atoms with Gasteiger partial charge < -0.3 is 15.7 Å². The van der Waals surface area contributed by atoms with Gasteiger partial charge in [-0.2, -0.15) is 0 Å². The Kier molecular flexibility index (Phi) is 4.37. The van der Waals surface area contributed by atoms with Gasteiger partial charge >= 0.3 is 12.0 Å². The summed E-state index contributed by atoms with van der Waals surface area (Å²) in [6, 6.07) is 7.61. The second kappa shape index (κ2) is 6.21. The van der Waals surface area contributed by atoms with Crippen molar-refractivity contribution in [1.82, 2.24) is 10.3 Å². The van der Waals surface area contributed by atoms with Crippen LogP contribution in [0.5, 0.6) is 0 Å². The van der Waals surface area contributed by atoms with Crippen LogP contribution >= 0.6 is 0 Å². The van der Waals surface area contributed by atoms with Gasteiger partial charge in [0, 0.05) is 11.6 Å². The number of aromatic nitrogens is 1. The number of pyridine rings is 1. The SMILES string of the molecule is CC(C)[C@H](NC(=O)Nc1cccc2cccnc12)C(=O)O. The number of fused-ring (bicyclic) bond motifs is 1. The largest absolute Gasteiger partial charge is 0.480 e. The van der Waals surface area contributed by atoms with Gasteiger partial charge in [0.25, 0.3) is 0 Å². The molecule has 1 aromatic heterocycles. The molecule has 1 heterocycles. The number of amides is 2. The van der Waals surface area contributed by atoms with E-state index in [1.807, 2.05) is 18.2 Å². The van der Waals surface area contributed by atoms with Gasteiger partial charge in [-0.15, -0.1) is 0 Å². The van der Waals surface area contributed by atoms with Crippen LogP contribution in [-0.2, 0) is 4.79 Å². The maximum Gasteiger partial charge on any atom is 0.326 e. The lowest BCUT2D eigenvalue weighted by atomic mass is 10.1. The molecule has 0 saturated heterocycles. The Morgan fingerprint density at radius 2 is 1.90 bits per heavy atom. The topological polar surface area (TPSA) is 91.3 Å². The number of rotatable bonds is 4. The molecule has 0 aliphatic carbocycles. The normalized spacial score (nSPS) is 12.1. The number of carboxylic acids is 1. The Morgan fingerprint density at radius 3 is 2.57 bits per heavy atom. The molecule has 1 atom stereocenters. The van der Waals surface area contributed by atoms with E-state index in [1.54, 1.807) is 32.2 Å². The molecule has 3 N–H and O–H groups in total. The molecule has 6 heteroatoms. The zero-order valence-electron chi connectivity index (χ0n) is 11.8. The average Bonchev–Trinajstić information content (AvgIpc) is 2.44. The van der Waals surface area contributed by atoms with Crippen LogP contribution in [0.25, 0.3) is 10.9 Å². The Hall–Kier alpha value is -2.63. The van der Waals surface area contributed by atoms with Gasteiger partial charge in [0.2, 0.25) is 0 Å². The summed E-state index contributed by atoms with van der Waals surface area (Å²) in [5.41, 5.74) is 1.20. The molecule has 0 bridgehead atoms. The standard InChI is InChI=1S/C15H17N3O3/c1-9(2)12(14(19)20)18-15(21)17-11-7-3-5-10-6-4-8-16-13(10)11/h3-9,12H,1-2H3,(H,19,20)(H2,17,18,21)/t12-/m0/s1. The predicted octanol–water partition coefficient (Wildman–Crippen LogP) is 2.47. The predicted molar refractivity (Wildman–Crippen MR) is 80.2 cm³/mol. The molecule has 0 radical (unpaired) electrons. The molecular formula is C15H17N3O3. The number of carbonyl (C=O) groups is 2. The van der Waals surface area contributed by atoms with Crippen LogP contribution in [0.4, 0.5) is 10.5 Å². The van der Waals surface area contributed by atoms with Crippen LogP contribution in [0.1, 0.15) is 13.8 Å². The number of hydrogen-bond acceptors (Lipinski definition) is 3. The first-order valence-corrected chi connectivity index (χ1v) is 6.63. The number of hydrogen-bond donors (Lipinski definition) is 3. The lowest BCUT2D eigenvalue weighted by Crippen LogP contribution is -2.46. The molecule has 0 fully saturated rings. The minimum Gasteiger partial charge on any atom is -0.480 e. The Bertz CT molecular complexity index is 665. The summed E-state index contributed by atoms with van der Waals surface area (Å²) >= 11 is 0. The van der Waals surface area contributed by atoms with Crippen molar-refractivity contribution >= 4 is 28.6 Å². The van der Waals surface area contributed by atoms with Crippen LogP contribution in [0, 0.1) is 5.92 Å². The third kappa shape index (κ3) is 3.47. The number of para-hydroxylation sites is 1. The summed E-state index contributed by atoms with van der Waals surface area (Å²) in [5.74, 6) is -1.27. The highest BCUT2D eigenvalue weighted by Gasteiger charge is 2.23. The van der Waals surface area contributed by atoms with Crippen molar-refractivity contribution in [2.45, 2.75) is 19.9 Å². The van der Waals surface area contributed by atoms with E-state index < -0.39 is 18.0 Å². The quantitative estimate of drug-likeness (QED) is 0.805. The summed E-state index contributed by atoms with van der Waals surface area (Å²) in [7, 11) is 0. The van der Waals surface area contributed by atoms with Gasteiger partial charge in [0.05, 0.1) is 11.2 Å². The highest BCUT2D eigenvalue weighted by atomic mass is 16.4. The number of aliphatic carboxylic acids is 1. The number of nitrogens with one attached hydrogen (secondary N) is 2. The van der Waals surface area contributed by atoms with Crippen molar-refractivity contribution in [2.75, 3.05) is 5.32 Å². The summed E-state index contributed by atoms with van der Waals surface area (Å²) in [5, 5.41) is 15.1. The Labute approximate surface area is 122 Å². The molecule has 2 aromatic rings. The average molecular weight is 287 g/mol. The van der Waals surface area contributed by atoms with Crippen LogP contribution < -0.4 is 10.6 Å². The van der Waals surface area contributed by atoms with E-state index >= 15 is 0 Å². The number of carboxylic acid groups (broad SMARTS) is 1. The van der Waals surface area contributed by atoms with Crippen LogP contribution in [0.2, 0.25) is 0 Å². The van der Waals surface area contributed by atoms with Crippen molar-refractivity contribution < 1.29 is 14.7 Å². The van der Waals surface area contributed by atoms with Crippen molar-refractivity contribution in [1.29, 1.82) is 0 Å². The van der Waals surface area contributed by atoms with Gasteiger partial charge in [-0.05, 0) is 18.1 Å². The van der Waals surface area contributed by atoms with Crippen LogP contribution in [0.3, 0.4) is 0 Å². The first kappa shape index (κ1) is 14.8. The lowest BCUT2D eigenvalue weighted by molar-refractivity contribution is -0.140. The molecular weight excluding hydrogens is 270 g/mol. The van der Waals surface area contributed by atoms with E-state index in [-0.39, 0.29) is 5.92 Å². The minimum absolute atomic E-state index is 0.209. The molecule has 1 aromatic carbocycles. The maximum atomic E-state index is 12.0. The molecule has 2 rings (SSSR count). The van der Waals surface area contributed by atoms with E-state index in [0.717, 1.165) is 5.39 Å². The molecule has 0 aliphatic heterocycles. The number of carbonyl (C=O) groups excluding carboxylic acids is 1. The van der Waals surface area contributed by atoms with Crippen molar-refractivity contribution in [3.05, 3.63) is 36.5 Å². The van der Waals surface area contributed by atoms with E-state index in [0.29, 0.717) is 11.2 Å². The third-order valence-corrected chi connectivity index (χ3v) is 3.10. The number of benzene rings is 1. The summed E-state index contributed by atoms with van der Waals surface area (Å²) in [6.07, 6.45) is 1.64. The minimum atomic E-state index is -1.06. The second-order valence-electron chi connectivity index (χ2n) is 5.04. The van der Waals surface area contributed by atoms with Crippen LogP contribution in [-0.4, -0.2) is 28.1 Å². The molecule has 0 saturated carbocycles. The second-order valence-corrected chi connectivity index (χ2v) is 5.04. The van der Waals surface area contributed by atoms with Crippen LogP contribution in [0.15, 0.2) is 36.5 Å². The van der Waals surface area contributed by atoms with Gasteiger partial charge in [0.1, 0.15) is 6.04 Å². The fourth-order valence-corrected chi connectivity index (χ4v) is 2.02. The first-order valence-electron chi connectivity index (χ1n) is 6.63. The highest BCUT2D eigenvalue weighted by molar-refractivity contribution is 6.00. The van der Waals surface area contributed by atoms with E-state index in [9.17, 15) is 9.59 Å². The number of nitrogens with zero attached hydrogens (tertiary/aromatic N) is 1. The van der Waals surface area contributed by atoms with Gasteiger partial charge in [-0.25, -0.2) is 9.59 Å². The molecule has 0 unspecified atom stereocenters. The van der Waals surface area contributed by atoms with Gasteiger partial charge in [0.15, 0.2) is 0 Å².